The van der Waals surface area contributed by atoms with Gasteiger partial charge in [0.1, 0.15) is 11.4 Å². The maximum atomic E-state index is 11.0. The summed E-state index contributed by atoms with van der Waals surface area (Å²) < 4.78 is 0. The van der Waals surface area contributed by atoms with E-state index >= 15 is 0 Å². The van der Waals surface area contributed by atoms with Crippen LogP contribution >= 0.6 is 0 Å². The second kappa shape index (κ2) is 4.13. The Labute approximate surface area is 92.2 Å². The average molecular weight is 223 g/mol. The van der Waals surface area contributed by atoms with Gasteiger partial charge in [-0.3, -0.25) is 9.59 Å². The van der Waals surface area contributed by atoms with Crippen LogP contribution in [0.15, 0.2) is 12.1 Å². The van der Waals surface area contributed by atoms with Gasteiger partial charge in [0.05, 0.1) is 0 Å². The highest BCUT2D eigenvalue weighted by Gasteiger charge is 2.24. The van der Waals surface area contributed by atoms with E-state index < -0.39 is 17.4 Å². The number of hydrogen-bond donors (Lipinski definition) is 3. The number of carbonyl (C=O) groups excluding carboxylic acids is 2. The molecular weight excluding hydrogens is 210 g/mol. The van der Waals surface area contributed by atoms with E-state index in [4.69, 9.17) is 11.5 Å². The molecule has 0 aliphatic carbocycles. The van der Waals surface area contributed by atoms with Gasteiger partial charge >= 0.3 is 0 Å². The second-order valence-corrected chi connectivity index (χ2v) is 3.78. The summed E-state index contributed by atoms with van der Waals surface area (Å²) in [5.41, 5.74) is 9.29. The van der Waals surface area contributed by atoms with Crippen molar-refractivity contribution in [3.8, 4) is 0 Å². The normalized spacial score (nSPS) is 10.9. The standard InChI is InChI=1S/C9H13N5O2/c1-9(2,8(11)16)12-6-4-3-5(7(10)15)13-14-6/h3-4H,1-2H3,(H2,10,15)(H2,11,16)(H,12,14). The molecule has 86 valence electrons. The SMILES string of the molecule is CC(C)(Nc1ccc(C(N)=O)nn1)C(N)=O. The summed E-state index contributed by atoms with van der Waals surface area (Å²) in [6.45, 7) is 3.22. The van der Waals surface area contributed by atoms with Crippen LogP contribution < -0.4 is 16.8 Å². The third kappa shape index (κ3) is 2.66. The van der Waals surface area contributed by atoms with Crippen LogP contribution in [-0.4, -0.2) is 27.6 Å². The molecule has 0 spiro atoms. The summed E-state index contributed by atoms with van der Waals surface area (Å²) in [4.78, 5) is 21.8. The van der Waals surface area contributed by atoms with Crippen LogP contribution in [0.25, 0.3) is 0 Å². The maximum Gasteiger partial charge on any atom is 0.269 e. The summed E-state index contributed by atoms with van der Waals surface area (Å²) in [5.74, 6) is -0.838. The van der Waals surface area contributed by atoms with Crippen LogP contribution in [0.1, 0.15) is 24.3 Å². The first-order valence-electron chi connectivity index (χ1n) is 4.54. The Hall–Kier alpha value is -2.18. The number of nitrogens with one attached hydrogen (secondary N) is 1. The molecule has 0 radical (unpaired) electrons. The Balaban J connectivity index is 2.84. The zero-order chi connectivity index (χ0) is 12.3. The van der Waals surface area contributed by atoms with Crippen molar-refractivity contribution in [2.75, 3.05) is 5.32 Å². The third-order valence-electron chi connectivity index (χ3n) is 1.97. The number of anilines is 1. The number of aromatic nitrogens is 2. The summed E-state index contributed by atoms with van der Waals surface area (Å²) in [7, 11) is 0. The van der Waals surface area contributed by atoms with Crippen molar-refractivity contribution in [1.82, 2.24) is 10.2 Å². The van der Waals surface area contributed by atoms with Crippen LogP contribution in [0.5, 0.6) is 0 Å². The van der Waals surface area contributed by atoms with Gasteiger partial charge in [-0.05, 0) is 26.0 Å². The van der Waals surface area contributed by atoms with Crippen molar-refractivity contribution in [2.24, 2.45) is 11.5 Å². The molecule has 0 saturated carbocycles. The number of primary amides is 2. The minimum absolute atomic E-state index is 0.0578. The summed E-state index contributed by atoms with van der Waals surface area (Å²) in [6.07, 6.45) is 0. The van der Waals surface area contributed by atoms with E-state index in [0.29, 0.717) is 5.82 Å². The van der Waals surface area contributed by atoms with Gasteiger partial charge in [-0.1, -0.05) is 0 Å². The van der Waals surface area contributed by atoms with Gasteiger partial charge in [-0.15, -0.1) is 10.2 Å². The van der Waals surface area contributed by atoms with E-state index in [-0.39, 0.29) is 5.69 Å². The van der Waals surface area contributed by atoms with Gasteiger partial charge in [-0.25, -0.2) is 0 Å². The maximum absolute atomic E-state index is 11.0. The first-order chi connectivity index (χ1) is 7.33. The molecule has 0 fully saturated rings. The Bertz CT molecular complexity index is 412. The molecule has 16 heavy (non-hydrogen) atoms. The van der Waals surface area contributed by atoms with Crippen molar-refractivity contribution in [3.05, 3.63) is 17.8 Å². The van der Waals surface area contributed by atoms with E-state index in [1.807, 2.05) is 0 Å². The lowest BCUT2D eigenvalue weighted by atomic mass is 10.1. The molecule has 0 aliphatic rings. The molecule has 0 aliphatic heterocycles. The van der Waals surface area contributed by atoms with Crippen molar-refractivity contribution >= 4 is 17.6 Å². The van der Waals surface area contributed by atoms with Gasteiger partial charge < -0.3 is 16.8 Å². The number of amides is 2. The third-order valence-corrected chi connectivity index (χ3v) is 1.97. The van der Waals surface area contributed by atoms with Gasteiger partial charge in [0, 0.05) is 0 Å². The lowest BCUT2D eigenvalue weighted by Gasteiger charge is -2.22. The Morgan fingerprint density at radius 2 is 1.88 bits per heavy atom. The quantitative estimate of drug-likeness (QED) is 0.619. The van der Waals surface area contributed by atoms with Crippen molar-refractivity contribution in [2.45, 2.75) is 19.4 Å². The average Bonchev–Trinajstić information content (AvgIpc) is 2.17. The largest absolute Gasteiger partial charge is 0.368 e. The van der Waals surface area contributed by atoms with Crippen LogP contribution in [-0.2, 0) is 4.79 Å². The smallest absolute Gasteiger partial charge is 0.269 e. The predicted octanol–water partition coefficient (Wildman–Crippen LogP) is -0.749. The Morgan fingerprint density at radius 3 is 2.25 bits per heavy atom. The highest BCUT2D eigenvalue weighted by atomic mass is 16.2. The molecule has 2 amide bonds. The highest BCUT2D eigenvalue weighted by molar-refractivity contribution is 5.90. The highest BCUT2D eigenvalue weighted by Crippen LogP contribution is 2.11. The molecule has 1 heterocycles. The minimum atomic E-state index is -0.942. The fourth-order valence-electron chi connectivity index (χ4n) is 0.912. The van der Waals surface area contributed by atoms with Gasteiger partial charge in [0.15, 0.2) is 5.69 Å². The van der Waals surface area contributed by atoms with Crippen molar-refractivity contribution in [1.29, 1.82) is 0 Å². The molecule has 0 saturated heterocycles. The number of rotatable bonds is 4. The van der Waals surface area contributed by atoms with Gasteiger partial charge in [0.25, 0.3) is 5.91 Å². The number of carbonyl (C=O) groups is 2. The van der Waals surface area contributed by atoms with E-state index in [9.17, 15) is 9.59 Å². The minimum Gasteiger partial charge on any atom is -0.368 e. The predicted molar refractivity (Wildman–Crippen MR) is 57.4 cm³/mol. The molecule has 7 nitrogen and oxygen atoms in total. The van der Waals surface area contributed by atoms with E-state index in [0.717, 1.165) is 0 Å². The summed E-state index contributed by atoms with van der Waals surface area (Å²) in [6, 6.07) is 2.91. The van der Waals surface area contributed by atoms with E-state index in [1.165, 1.54) is 12.1 Å². The van der Waals surface area contributed by atoms with Crippen molar-refractivity contribution in [3.63, 3.8) is 0 Å². The first-order valence-corrected chi connectivity index (χ1v) is 4.54. The van der Waals surface area contributed by atoms with Gasteiger partial charge in [0.2, 0.25) is 5.91 Å². The molecule has 5 N–H and O–H groups in total. The van der Waals surface area contributed by atoms with E-state index in [1.54, 1.807) is 13.8 Å². The zero-order valence-corrected chi connectivity index (χ0v) is 9.02. The number of nitrogens with zero attached hydrogens (tertiary/aromatic N) is 2. The summed E-state index contributed by atoms with van der Waals surface area (Å²) in [5, 5.41) is 10.1. The van der Waals surface area contributed by atoms with Crippen LogP contribution in [0.2, 0.25) is 0 Å². The topological polar surface area (TPSA) is 124 Å². The van der Waals surface area contributed by atoms with Gasteiger partial charge in [-0.2, -0.15) is 0 Å². The number of nitrogens with two attached hydrogens (primary N) is 2. The molecule has 0 bridgehead atoms. The molecule has 0 atom stereocenters. The first kappa shape index (κ1) is 11.9. The molecule has 1 rings (SSSR count). The second-order valence-electron chi connectivity index (χ2n) is 3.78. The fraction of sp³-hybridized carbons (Fsp3) is 0.333. The molecular formula is C9H13N5O2. The van der Waals surface area contributed by atoms with E-state index in [2.05, 4.69) is 15.5 Å². The lowest BCUT2D eigenvalue weighted by molar-refractivity contribution is -0.121. The van der Waals surface area contributed by atoms with Crippen LogP contribution in [0, 0.1) is 0 Å². The Kier molecular flexibility index (Phi) is 3.07. The molecule has 1 aromatic heterocycles. The number of hydrogen-bond acceptors (Lipinski definition) is 5. The van der Waals surface area contributed by atoms with Crippen molar-refractivity contribution < 1.29 is 9.59 Å². The lowest BCUT2D eigenvalue weighted by Crippen LogP contribution is -2.45. The zero-order valence-electron chi connectivity index (χ0n) is 9.02. The van der Waals surface area contributed by atoms with Crippen LogP contribution in [0.4, 0.5) is 5.82 Å². The summed E-state index contributed by atoms with van der Waals surface area (Å²) >= 11 is 0. The molecule has 7 heteroatoms. The Morgan fingerprint density at radius 1 is 1.25 bits per heavy atom. The monoisotopic (exact) mass is 223 g/mol. The molecule has 0 unspecified atom stereocenters. The molecule has 1 aromatic rings. The van der Waals surface area contributed by atoms with Crippen LogP contribution in [0.3, 0.4) is 0 Å². The molecule has 0 aromatic carbocycles. The fourth-order valence-corrected chi connectivity index (χ4v) is 0.912.